The molecule has 110 valence electrons. The predicted octanol–water partition coefficient (Wildman–Crippen LogP) is 3.52. The molecule has 1 aromatic rings. The number of carbonyl (C=O) groups is 1. The van der Waals surface area contributed by atoms with Crippen molar-refractivity contribution in [1.29, 1.82) is 0 Å². The first-order valence-electron chi connectivity index (χ1n) is 7.61. The number of hydrogen-bond donors (Lipinski definition) is 1. The average Bonchev–Trinajstić information content (AvgIpc) is 2.74. The highest BCUT2D eigenvalue weighted by molar-refractivity contribution is 5.77. The highest BCUT2D eigenvalue weighted by Crippen LogP contribution is 2.22. The van der Waals surface area contributed by atoms with Gasteiger partial charge >= 0.3 is 5.97 Å². The van der Waals surface area contributed by atoms with E-state index in [4.69, 9.17) is 4.74 Å². The van der Waals surface area contributed by atoms with Crippen LogP contribution in [0.25, 0.3) is 0 Å². The maximum absolute atomic E-state index is 12.1. The Bertz CT molecular complexity index is 419. The number of nitrogens with one attached hydrogen (secondary N) is 1. The minimum atomic E-state index is -0.344. The van der Waals surface area contributed by atoms with Crippen molar-refractivity contribution in [3.05, 3.63) is 35.4 Å². The second-order valence-electron chi connectivity index (χ2n) is 5.72. The van der Waals surface area contributed by atoms with Crippen LogP contribution in [0.3, 0.4) is 0 Å². The largest absolute Gasteiger partial charge is 0.468 e. The van der Waals surface area contributed by atoms with Gasteiger partial charge in [-0.3, -0.25) is 5.32 Å². The maximum Gasteiger partial charge on any atom is 0.327 e. The lowest BCUT2D eigenvalue weighted by Crippen LogP contribution is -2.37. The van der Waals surface area contributed by atoms with Crippen LogP contribution in [-0.4, -0.2) is 19.1 Å². The van der Waals surface area contributed by atoms with Crippen molar-refractivity contribution < 1.29 is 9.53 Å². The number of ether oxygens (including phenoxy) is 1. The number of rotatable bonds is 4. The molecule has 2 rings (SSSR count). The zero-order valence-electron chi connectivity index (χ0n) is 12.5. The first kappa shape index (κ1) is 15.0. The van der Waals surface area contributed by atoms with Gasteiger partial charge < -0.3 is 4.74 Å². The van der Waals surface area contributed by atoms with Gasteiger partial charge in [0.1, 0.15) is 6.04 Å². The third-order valence-electron chi connectivity index (χ3n) is 4.11. The Labute approximate surface area is 121 Å². The lowest BCUT2D eigenvalue weighted by atomic mass is 10.0. The van der Waals surface area contributed by atoms with Crippen LogP contribution in [0.2, 0.25) is 0 Å². The normalized spacial score (nSPS) is 18.3. The fourth-order valence-corrected chi connectivity index (χ4v) is 2.86. The molecular formula is C17H25NO2. The molecule has 1 N–H and O–H groups in total. The molecule has 1 saturated carbocycles. The Balaban J connectivity index is 2.10. The Kier molecular flexibility index (Phi) is 5.60. The molecule has 0 radical (unpaired) electrons. The zero-order chi connectivity index (χ0) is 14.4. The van der Waals surface area contributed by atoms with E-state index in [2.05, 4.69) is 12.2 Å². The molecule has 1 atom stereocenters. The van der Waals surface area contributed by atoms with Crippen LogP contribution in [0.4, 0.5) is 0 Å². The first-order valence-corrected chi connectivity index (χ1v) is 7.61. The molecule has 0 aromatic heterocycles. The Morgan fingerprint density at radius 3 is 2.30 bits per heavy atom. The summed E-state index contributed by atoms with van der Waals surface area (Å²) < 4.78 is 4.97. The van der Waals surface area contributed by atoms with Gasteiger partial charge in [0, 0.05) is 6.04 Å². The molecular weight excluding hydrogens is 250 g/mol. The van der Waals surface area contributed by atoms with Crippen LogP contribution in [0, 0.1) is 6.92 Å². The summed E-state index contributed by atoms with van der Waals surface area (Å²) in [5.74, 6) is -0.196. The van der Waals surface area contributed by atoms with Crippen LogP contribution in [-0.2, 0) is 9.53 Å². The van der Waals surface area contributed by atoms with Crippen LogP contribution in [0.5, 0.6) is 0 Å². The molecule has 0 aliphatic heterocycles. The van der Waals surface area contributed by atoms with E-state index in [0.29, 0.717) is 6.04 Å². The van der Waals surface area contributed by atoms with Crippen LogP contribution >= 0.6 is 0 Å². The standard InChI is InChI=1S/C17H25NO2/c1-13-9-11-14(12-10-13)16(17(19)20-2)18-15-7-5-3-4-6-8-15/h9-12,15-16,18H,3-8H2,1-2H3. The van der Waals surface area contributed by atoms with Gasteiger partial charge in [-0.25, -0.2) is 4.79 Å². The van der Waals surface area contributed by atoms with Gasteiger partial charge in [0.2, 0.25) is 0 Å². The molecule has 0 bridgehead atoms. The number of methoxy groups -OCH3 is 1. The smallest absolute Gasteiger partial charge is 0.327 e. The Hall–Kier alpha value is -1.35. The summed E-state index contributed by atoms with van der Waals surface area (Å²) in [7, 11) is 1.46. The first-order chi connectivity index (χ1) is 9.70. The highest BCUT2D eigenvalue weighted by atomic mass is 16.5. The van der Waals surface area contributed by atoms with E-state index in [1.165, 1.54) is 38.4 Å². The Morgan fingerprint density at radius 2 is 1.75 bits per heavy atom. The van der Waals surface area contributed by atoms with Crippen LogP contribution < -0.4 is 5.32 Å². The lowest BCUT2D eigenvalue weighted by molar-refractivity contribution is -0.143. The molecule has 3 heteroatoms. The third kappa shape index (κ3) is 4.07. The molecule has 0 saturated heterocycles. The molecule has 1 fully saturated rings. The second-order valence-corrected chi connectivity index (χ2v) is 5.72. The average molecular weight is 275 g/mol. The summed E-state index contributed by atoms with van der Waals surface area (Å²) in [5.41, 5.74) is 2.19. The number of esters is 1. The van der Waals surface area contributed by atoms with Gasteiger partial charge in [0.15, 0.2) is 0 Å². The summed E-state index contributed by atoms with van der Waals surface area (Å²) in [6, 6.07) is 8.19. The van der Waals surface area contributed by atoms with E-state index in [1.54, 1.807) is 0 Å². The number of benzene rings is 1. The van der Waals surface area contributed by atoms with Gasteiger partial charge in [-0.2, -0.15) is 0 Å². The van der Waals surface area contributed by atoms with Crippen molar-refractivity contribution in [2.75, 3.05) is 7.11 Å². The van der Waals surface area contributed by atoms with Crippen LogP contribution in [0.15, 0.2) is 24.3 Å². The molecule has 0 heterocycles. The molecule has 1 aromatic carbocycles. The van der Waals surface area contributed by atoms with E-state index in [0.717, 1.165) is 18.4 Å². The summed E-state index contributed by atoms with van der Waals surface area (Å²) >= 11 is 0. The van der Waals surface area contributed by atoms with E-state index in [9.17, 15) is 4.79 Å². The SMILES string of the molecule is COC(=O)C(NC1CCCCCC1)c1ccc(C)cc1. The molecule has 1 unspecified atom stereocenters. The van der Waals surface area contributed by atoms with Gasteiger partial charge in [-0.15, -0.1) is 0 Å². The summed E-state index contributed by atoms with van der Waals surface area (Å²) in [5, 5.41) is 3.51. The molecule has 3 nitrogen and oxygen atoms in total. The molecule has 1 aliphatic rings. The van der Waals surface area contributed by atoms with Crippen molar-refractivity contribution in [2.24, 2.45) is 0 Å². The summed E-state index contributed by atoms with van der Waals surface area (Å²) in [6.07, 6.45) is 7.43. The van der Waals surface area contributed by atoms with Crippen molar-refractivity contribution >= 4 is 5.97 Å². The van der Waals surface area contributed by atoms with Gasteiger partial charge in [0.25, 0.3) is 0 Å². The lowest BCUT2D eigenvalue weighted by Gasteiger charge is -2.23. The monoisotopic (exact) mass is 275 g/mol. The third-order valence-corrected chi connectivity index (χ3v) is 4.11. The minimum Gasteiger partial charge on any atom is -0.468 e. The highest BCUT2D eigenvalue weighted by Gasteiger charge is 2.25. The minimum absolute atomic E-state index is 0.196. The van der Waals surface area contributed by atoms with E-state index in [-0.39, 0.29) is 12.0 Å². The second kappa shape index (κ2) is 7.44. The predicted molar refractivity (Wildman–Crippen MR) is 80.6 cm³/mol. The van der Waals surface area contributed by atoms with Crippen molar-refractivity contribution in [3.8, 4) is 0 Å². The number of aryl methyl sites for hydroxylation is 1. The van der Waals surface area contributed by atoms with Crippen molar-refractivity contribution in [3.63, 3.8) is 0 Å². The quantitative estimate of drug-likeness (QED) is 0.675. The van der Waals surface area contributed by atoms with Gasteiger partial charge in [-0.05, 0) is 25.3 Å². The van der Waals surface area contributed by atoms with E-state index >= 15 is 0 Å². The zero-order valence-corrected chi connectivity index (χ0v) is 12.5. The fourth-order valence-electron chi connectivity index (χ4n) is 2.86. The van der Waals surface area contributed by atoms with Gasteiger partial charge in [0.05, 0.1) is 7.11 Å². The fraction of sp³-hybridized carbons (Fsp3) is 0.588. The summed E-state index contributed by atoms with van der Waals surface area (Å²) in [6.45, 7) is 2.05. The number of hydrogen-bond acceptors (Lipinski definition) is 3. The molecule has 1 aliphatic carbocycles. The Morgan fingerprint density at radius 1 is 1.15 bits per heavy atom. The molecule has 0 amide bonds. The van der Waals surface area contributed by atoms with Crippen molar-refractivity contribution in [2.45, 2.75) is 57.5 Å². The molecule has 20 heavy (non-hydrogen) atoms. The van der Waals surface area contributed by atoms with E-state index in [1.807, 2.05) is 24.3 Å². The van der Waals surface area contributed by atoms with E-state index < -0.39 is 0 Å². The van der Waals surface area contributed by atoms with Crippen LogP contribution in [0.1, 0.15) is 55.7 Å². The molecule has 0 spiro atoms. The topological polar surface area (TPSA) is 38.3 Å². The van der Waals surface area contributed by atoms with Crippen molar-refractivity contribution in [1.82, 2.24) is 5.32 Å². The van der Waals surface area contributed by atoms with Gasteiger partial charge in [-0.1, -0.05) is 55.5 Å². The number of carbonyl (C=O) groups excluding carboxylic acids is 1. The summed E-state index contributed by atoms with van der Waals surface area (Å²) in [4.78, 5) is 12.1. The maximum atomic E-state index is 12.1.